The van der Waals surface area contributed by atoms with Crippen LogP contribution >= 0.6 is 11.3 Å². The molecule has 0 spiro atoms. The predicted molar refractivity (Wildman–Crippen MR) is 111 cm³/mol. The van der Waals surface area contributed by atoms with E-state index in [1.54, 1.807) is 17.5 Å². The number of amides is 1. The number of nitrogens with zero attached hydrogens (tertiary/aromatic N) is 1. The van der Waals surface area contributed by atoms with Crippen LogP contribution in [0, 0.1) is 5.92 Å². The third-order valence-electron chi connectivity index (χ3n) is 4.89. The minimum Gasteiger partial charge on any atom is -0.455 e. The largest absolute Gasteiger partial charge is 0.455 e. The van der Waals surface area contributed by atoms with E-state index >= 15 is 0 Å². The highest BCUT2D eigenvalue weighted by molar-refractivity contribution is 7.91. The summed E-state index contributed by atoms with van der Waals surface area (Å²) >= 11 is 1.18. The summed E-state index contributed by atoms with van der Waals surface area (Å²) in [5.74, 6) is -1.26. The van der Waals surface area contributed by atoms with Crippen molar-refractivity contribution in [3.05, 3.63) is 47.3 Å². The fourth-order valence-electron chi connectivity index (χ4n) is 3.26. The molecule has 1 amide bonds. The maximum absolute atomic E-state index is 12.5. The number of aryl methyl sites for hydroxylation is 1. The van der Waals surface area contributed by atoms with E-state index < -0.39 is 27.8 Å². The molecule has 1 aliphatic rings. The Kier molecular flexibility index (Phi) is 7.05. The molecule has 1 fully saturated rings. The summed E-state index contributed by atoms with van der Waals surface area (Å²) in [6.07, 6.45) is 1.54. The molecule has 0 aliphatic carbocycles. The SMILES string of the molecule is CCc1ccccc1NC(=O)COC(=O)C1CCN(S(=O)(=O)c2cccs2)CC1. The number of esters is 1. The fraction of sp³-hybridized carbons (Fsp3) is 0.400. The Morgan fingerprint density at radius 1 is 1.17 bits per heavy atom. The molecule has 1 aromatic carbocycles. The molecule has 0 saturated carbocycles. The molecule has 1 saturated heterocycles. The highest BCUT2D eigenvalue weighted by atomic mass is 32.2. The molecule has 156 valence electrons. The standard InChI is InChI=1S/C20H24N2O5S2/c1-2-15-6-3-4-7-17(15)21-18(23)14-27-20(24)16-9-11-22(12-10-16)29(25,26)19-8-5-13-28-19/h3-8,13,16H,2,9-12,14H2,1H3,(H,21,23). The van der Waals surface area contributed by atoms with Crippen molar-refractivity contribution in [1.29, 1.82) is 0 Å². The number of piperidine rings is 1. The van der Waals surface area contributed by atoms with Crippen LogP contribution in [0.1, 0.15) is 25.3 Å². The van der Waals surface area contributed by atoms with Crippen LogP contribution in [0.3, 0.4) is 0 Å². The highest BCUT2D eigenvalue weighted by Gasteiger charge is 2.33. The summed E-state index contributed by atoms with van der Waals surface area (Å²) in [7, 11) is -3.50. The molecule has 0 unspecified atom stereocenters. The van der Waals surface area contributed by atoms with Crippen LogP contribution in [0.4, 0.5) is 5.69 Å². The van der Waals surface area contributed by atoms with Crippen LogP contribution in [0.2, 0.25) is 0 Å². The van der Waals surface area contributed by atoms with Crippen LogP contribution in [0.5, 0.6) is 0 Å². The van der Waals surface area contributed by atoms with Crippen molar-refractivity contribution in [2.75, 3.05) is 25.0 Å². The average Bonchev–Trinajstić information content (AvgIpc) is 3.28. The minimum absolute atomic E-state index is 0.260. The number of benzene rings is 1. The van der Waals surface area contributed by atoms with E-state index in [9.17, 15) is 18.0 Å². The zero-order valence-electron chi connectivity index (χ0n) is 16.2. The Labute approximate surface area is 174 Å². The van der Waals surface area contributed by atoms with Crippen LogP contribution in [0.25, 0.3) is 0 Å². The molecule has 29 heavy (non-hydrogen) atoms. The van der Waals surface area contributed by atoms with Gasteiger partial charge < -0.3 is 10.1 Å². The molecule has 1 N–H and O–H groups in total. The third-order valence-corrected chi connectivity index (χ3v) is 8.17. The molecule has 0 bridgehead atoms. The first-order valence-corrected chi connectivity index (χ1v) is 11.8. The number of anilines is 1. The summed E-state index contributed by atoms with van der Waals surface area (Å²) in [6.45, 7) is 2.16. The molecule has 1 aliphatic heterocycles. The Hall–Kier alpha value is -2.23. The van der Waals surface area contributed by atoms with Gasteiger partial charge in [0, 0.05) is 18.8 Å². The molecule has 7 nitrogen and oxygen atoms in total. The number of carbonyl (C=O) groups is 2. The maximum atomic E-state index is 12.5. The Bertz CT molecular complexity index is 949. The third kappa shape index (κ3) is 5.23. The van der Waals surface area contributed by atoms with Crippen LogP contribution in [-0.4, -0.2) is 44.3 Å². The highest BCUT2D eigenvalue weighted by Crippen LogP contribution is 2.26. The van der Waals surface area contributed by atoms with Gasteiger partial charge in [-0.15, -0.1) is 11.3 Å². The average molecular weight is 437 g/mol. The molecule has 3 rings (SSSR count). The number of rotatable bonds is 7. The Morgan fingerprint density at radius 2 is 1.90 bits per heavy atom. The number of carbonyl (C=O) groups excluding carboxylic acids is 2. The second-order valence-corrected chi connectivity index (χ2v) is 9.89. The van der Waals surface area contributed by atoms with Crippen molar-refractivity contribution < 1.29 is 22.7 Å². The second kappa shape index (κ2) is 9.51. The number of ether oxygens (including phenoxy) is 1. The van der Waals surface area contributed by atoms with Crippen LogP contribution in [0.15, 0.2) is 46.0 Å². The number of nitrogens with one attached hydrogen (secondary N) is 1. The zero-order chi connectivity index (χ0) is 20.9. The maximum Gasteiger partial charge on any atom is 0.309 e. The summed E-state index contributed by atoms with van der Waals surface area (Å²) < 4.78 is 31.9. The topological polar surface area (TPSA) is 92.8 Å². The summed E-state index contributed by atoms with van der Waals surface area (Å²) in [4.78, 5) is 24.4. The summed E-state index contributed by atoms with van der Waals surface area (Å²) in [5, 5.41) is 4.48. The van der Waals surface area contributed by atoms with Gasteiger partial charge in [-0.3, -0.25) is 9.59 Å². The van der Waals surface area contributed by atoms with Gasteiger partial charge in [-0.1, -0.05) is 31.2 Å². The molecular formula is C20H24N2O5S2. The van der Waals surface area contributed by atoms with Crippen molar-refractivity contribution in [2.24, 2.45) is 5.92 Å². The molecule has 0 radical (unpaired) electrons. The van der Waals surface area contributed by atoms with E-state index in [1.807, 2.05) is 31.2 Å². The lowest BCUT2D eigenvalue weighted by Crippen LogP contribution is -2.40. The minimum atomic E-state index is -3.50. The fourth-order valence-corrected chi connectivity index (χ4v) is 5.87. The van der Waals surface area contributed by atoms with E-state index in [4.69, 9.17) is 4.74 Å². The van der Waals surface area contributed by atoms with Gasteiger partial charge >= 0.3 is 5.97 Å². The van der Waals surface area contributed by atoms with Gasteiger partial charge in [0.25, 0.3) is 15.9 Å². The van der Waals surface area contributed by atoms with E-state index in [0.717, 1.165) is 12.0 Å². The van der Waals surface area contributed by atoms with Crippen molar-refractivity contribution >= 4 is 38.9 Å². The van der Waals surface area contributed by atoms with Crippen molar-refractivity contribution in [3.8, 4) is 0 Å². The zero-order valence-corrected chi connectivity index (χ0v) is 17.8. The smallest absolute Gasteiger partial charge is 0.309 e. The van der Waals surface area contributed by atoms with Crippen LogP contribution < -0.4 is 5.32 Å². The van der Waals surface area contributed by atoms with Crippen molar-refractivity contribution in [1.82, 2.24) is 4.31 Å². The van der Waals surface area contributed by atoms with Gasteiger partial charge in [-0.2, -0.15) is 4.31 Å². The van der Waals surface area contributed by atoms with Gasteiger partial charge in [-0.25, -0.2) is 8.42 Å². The first-order valence-electron chi connectivity index (χ1n) is 9.50. The first-order chi connectivity index (χ1) is 13.9. The predicted octanol–water partition coefficient (Wildman–Crippen LogP) is 2.89. The first kappa shape index (κ1) is 21.5. The Morgan fingerprint density at radius 3 is 2.55 bits per heavy atom. The number of hydrogen-bond acceptors (Lipinski definition) is 6. The molecule has 1 aromatic heterocycles. The monoisotopic (exact) mass is 436 g/mol. The van der Waals surface area contributed by atoms with Gasteiger partial charge in [0.2, 0.25) is 0 Å². The molecular weight excluding hydrogens is 412 g/mol. The molecule has 0 atom stereocenters. The van der Waals surface area contributed by atoms with E-state index in [1.165, 1.54) is 15.6 Å². The normalized spacial score (nSPS) is 15.8. The van der Waals surface area contributed by atoms with Crippen molar-refractivity contribution in [2.45, 2.75) is 30.4 Å². The van der Waals surface area contributed by atoms with E-state index in [2.05, 4.69) is 5.32 Å². The number of thiophene rings is 1. The van der Waals surface area contributed by atoms with Gasteiger partial charge in [0.15, 0.2) is 6.61 Å². The lowest BCUT2D eigenvalue weighted by atomic mass is 9.98. The number of para-hydroxylation sites is 1. The van der Waals surface area contributed by atoms with Crippen molar-refractivity contribution in [3.63, 3.8) is 0 Å². The second-order valence-electron chi connectivity index (χ2n) is 6.78. The van der Waals surface area contributed by atoms with Crippen LogP contribution in [-0.2, 0) is 30.8 Å². The Balaban J connectivity index is 1.47. The van der Waals surface area contributed by atoms with Gasteiger partial charge in [0.1, 0.15) is 4.21 Å². The lowest BCUT2D eigenvalue weighted by Gasteiger charge is -2.29. The molecule has 2 heterocycles. The number of sulfonamides is 1. The summed E-state index contributed by atoms with van der Waals surface area (Å²) in [5.41, 5.74) is 1.72. The van der Waals surface area contributed by atoms with E-state index in [0.29, 0.717) is 22.7 Å². The summed E-state index contributed by atoms with van der Waals surface area (Å²) in [6, 6.07) is 10.8. The lowest BCUT2D eigenvalue weighted by molar-refractivity contribution is -0.152. The number of hydrogen-bond donors (Lipinski definition) is 1. The van der Waals surface area contributed by atoms with Gasteiger partial charge in [-0.05, 0) is 42.3 Å². The molecule has 9 heteroatoms. The van der Waals surface area contributed by atoms with E-state index in [-0.39, 0.29) is 19.7 Å². The van der Waals surface area contributed by atoms with Gasteiger partial charge in [0.05, 0.1) is 5.92 Å². The quantitative estimate of drug-likeness (QED) is 0.674. The molecule has 2 aromatic rings.